The van der Waals surface area contributed by atoms with Gasteiger partial charge in [-0.1, -0.05) is 18.2 Å². The molecule has 1 N–H and O–H groups in total. The number of aliphatic carboxylic acids is 1. The highest BCUT2D eigenvalue weighted by Gasteiger charge is 2.38. The van der Waals surface area contributed by atoms with E-state index in [0.717, 1.165) is 30.0 Å². The zero-order valence-electron chi connectivity index (χ0n) is 15.3. The van der Waals surface area contributed by atoms with Gasteiger partial charge in [0, 0.05) is 31.6 Å². The van der Waals surface area contributed by atoms with Crippen LogP contribution in [0.3, 0.4) is 0 Å². The fourth-order valence-corrected chi connectivity index (χ4v) is 3.56. The lowest BCUT2D eigenvalue weighted by Gasteiger charge is -2.16. The molecule has 0 saturated carbocycles. The minimum atomic E-state index is -0.834. The second-order valence-electron chi connectivity index (χ2n) is 6.75. The van der Waals surface area contributed by atoms with Gasteiger partial charge in [-0.3, -0.25) is 4.79 Å². The van der Waals surface area contributed by atoms with E-state index in [2.05, 4.69) is 4.90 Å². The van der Waals surface area contributed by atoms with Crippen LogP contribution in [0.5, 0.6) is 11.5 Å². The molecule has 0 aliphatic carbocycles. The zero-order chi connectivity index (χ0) is 19.2. The van der Waals surface area contributed by atoms with Crippen LogP contribution < -0.4 is 9.47 Å². The summed E-state index contributed by atoms with van der Waals surface area (Å²) >= 11 is 0. The van der Waals surface area contributed by atoms with Gasteiger partial charge in [0.1, 0.15) is 17.3 Å². The summed E-state index contributed by atoms with van der Waals surface area (Å²) in [5.41, 5.74) is 0.748. The van der Waals surface area contributed by atoms with Crippen LogP contribution in [0.2, 0.25) is 0 Å². The minimum Gasteiger partial charge on any atom is -0.497 e. The Kier molecular flexibility index (Phi) is 6.29. The minimum absolute atomic E-state index is 0.197. The van der Waals surface area contributed by atoms with Gasteiger partial charge in [0.05, 0.1) is 19.6 Å². The van der Waals surface area contributed by atoms with Gasteiger partial charge in [-0.05, 0) is 36.2 Å². The van der Waals surface area contributed by atoms with E-state index in [-0.39, 0.29) is 11.7 Å². The van der Waals surface area contributed by atoms with Crippen LogP contribution >= 0.6 is 0 Å². The van der Waals surface area contributed by atoms with Crippen LogP contribution in [0.4, 0.5) is 4.39 Å². The third-order valence-electron chi connectivity index (χ3n) is 4.92. The van der Waals surface area contributed by atoms with Gasteiger partial charge < -0.3 is 19.5 Å². The molecule has 5 nitrogen and oxygen atoms in total. The lowest BCUT2D eigenvalue weighted by molar-refractivity contribution is -0.141. The molecule has 3 rings (SSSR count). The van der Waals surface area contributed by atoms with Gasteiger partial charge in [-0.25, -0.2) is 4.39 Å². The highest BCUT2D eigenvalue weighted by molar-refractivity contribution is 5.72. The Morgan fingerprint density at radius 2 is 1.96 bits per heavy atom. The number of methoxy groups -OCH3 is 1. The molecule has 2 aromatic carbocycles. The molecule has 144 valence electrons. The molecule has 6 heteroatoms. The molecular formula is C21H24FNO4. The molecule has 1 heterocycles. The molecule has 0 aromatic heterocycles. The van der Waals surface area contributed by atoms with Crippen molar-refractivity contribution in [3.8, 4) is 11.5 Å². The van der Waals surface area contributed by atoms with Crippen molar-refractivity contribution < 1.29 is 23.8 Å². The number of benzene rings is 2. The number of carboxylic acids is 1. The number of carboxylic acid groups (broad SMARTS) is 1. The van der Waals surface area contributed by atoms with Crippen molar-refractivity contribution >= 4 is 5.97 Å². The topological polar surface area (TPSA) is 59.0 Å². The summed E-state index contributed by atoms with van der Waals surface area (Å²) in [5, 5.41) is 9.54. The predicted octanol–water partition coefficient (Wildman–Crippen LogP) is 3.40. The van der Waals surface area contributed by atoms with E-state index >= 15 is 0 Å². The number of carbonyl (C=O) groups is 1. The molecule has 2 atom stereocenters. The van der Waals surface area contributed by atoms with Crippen LogP contribution in [0.25, 0.3) is 0 Å². The van der Waals surface area contributed by atoms with Crippen LogP contribution in [0.15, 0.2) is 48.5 Å². The predicted molar refractivity (Wildman–Crippen MR) is 99.8 cm³/mol. The Hall–Kier alpha value is -2.60. The van der Waals surface area contributed by atoms with Crippen molar-refractivity contribution in [2.24, 2.45) is 5.92 Å². The maximum Gasteiger partial charge on any atom is 0.308 e. The molecule has 0 spiro atoms. The molecule has 2 aromatic rings. The quantitative estimate of drug-likeness (QED) is 0.719. The molecule has 0 unspecified atom stereocenters. The Morgan fingerprint density at radius 3 is 2.70 bits per heavy atom. The summed E-state index contributed by atoms with van der Waals surface area (Å²) in [6.07, 6.45) is 0.777. The van der Waals surface area contributed by atoms with Gasteiger partial charge in [-0.15, -0.1) is 0 Å². The van der Waals surface area contributed by atoms with Gasteiger partial charge in [0.2, 0.25) is 0 Å². The van der Waals surface area contributed by atoms with E-state index in [1.807, 2.05) is 24.3 Å². The van der Waals surface area contributed by atoms with E-state index in [9.17, 15) is 14.3 Å². The standard InChI is InChI=1S/C21H24FNO4/c1-26-17-7-3-8-18(12-17)27-10-4-9-23-13-19(20(14-23)21(24)25)15-5-2-6-16(22)11-15/h2-3,5-8,11-12,19-20H,4,9-10,13-14H2,1H3,(H,24,25)/t19-,20+/m1/s1. The summed E-state index contributed by atoms with van der Waals surface area (Å²) in [5.74, 6) is -0.393. The second kappa shape index (κ2) is 8.86. The largest absolute Gasteiger partial charge is 0.497 e. The zero-order valence-corrected chi connectivity index (χ0v) is 15.3. The van der Waals surface area contributed by atoms with Crippen LogP contribution in [0.1, 0.15) is 17.9 Å². The van der Waals surface area contributed by atoms with Gasteiger partial charge >= 0.3 is 5.97 Å². The molecule has 1 saturated heterocycles. The molecular weight excluding hydrogens is 349 g/mol. The van der Waals surface area contributed by atoms with Gasteiger partial charge in [-0.2, -0.15) is 0 Å². The van der Waals surface area contributed by atoms with E-state index in [4.69, 9.17) is 9.47 Å². The average Bonchev–Trinajstić information content (AvgIpc) is 3.10. The van der Waals surface area contributed by atoms with Crippen molar-refractivity contribution in [3.63, 3.8) is 0 Å². The first-order chi connectivity index (χ1) is 13.1. The van der Waals surface area contributed by atoms with Crippen LogP contribution in [-0.4, -0.2) is 49.3 Å². The molecule has 27 heavy (non-hydrogen) atoms. The van der Waals surface area contributed by atoms with Crippen molar-refractivity contribution in [1.29, 1.82) is 0 Å². The highest BCUT2D eigenvalue weighted by Crippen LogP contribution is 2.33. The van der Waals surface area contributed by atoms with Crippen molar-refractivity contribution in [3.05, 3.63) is 59.9 Å². The maximum absolute atomic E-state index is 13.5. The highest BCUT2D eigenvalue weighted by atomic mass is 19.1. The molecule has 1 fully saturated rings. The monoisotopic (exact) mass is 373 g/mol. The molecule has 0 amide bonds. The third kappa shape index (κ3) is 4.98. The number of ether oxygens (including phenoxy) is 2. The lowest BCUT2D eigenvalue weighted by atomic mass is 9.89. The normalized spacial score (nSPS) is 19.8. The van der Waals surface area contributed by atoms with E-state index in [1.54, 1.807) is 19.2 Å². The molecule has 0 radical (unpaired) electrons. The fourth-order valence-electron chi connectivity index (χ4n) is 3.56. The summed E-state index contributed by atoms with van der Waals surface area (Å²) in [4.78, 5) is 13.7. The van der Waals surface area contributed by atoms with Crippen molar-refractivity contribution in [1.82, 2.24) is 4.90 Å². The second-order valence-corrected chi connectivity index (χ2v) is 6.75. The number of rotatable bonds is 8. The molecule has 0 bridgehead atoms. The Balaban J connectivity index is 1.52. The number of hydrogen-bond donors (Lipinski definition) is 1. The van der Waals surface area contributed by atoms with Crippen LogP contribution in [0, 0.1) is 11.7 Å². The van der Waals surface area contributed by atoms with Gasteiger partial charge in [0.25, 0.3) is 0 Å². The van der Waals surface area contributed by atoms with Crippen molar-refractivity contribution in [2.45, 2.75) is 12.3 Å². The summed E-state index contributed by atoms with van der Waals surface area (Å²) < 4.78 is 24.4. The maximum atomic E-state index is 13.5. The first-order valence-corrected chi connectivity index (χ1v) is 9.04. The SMILES string of the molecule is COc1cccc(OCCCN2C[C@H](C(=O)O)[C@@H](c3cccc(F)c3)C2)c1. The first kappa shape index (κ1) is 19.2. The fraction of sp³-hybridized carbons (Fsp3) is 0.381. The third-order valence-corrected chi connectivity index (χ3v) is 4.92. The van der Waals surface area contributed by atoms with E-state index in [0.29, 0.717) is 19.7 Å². The Morgan fingerprint density at radius 1 is 1.19 bits per heavy atom. The van der Waals surface area contributed by atoms with E-state index in [1.165, 1.54) is 12.1 Å². The lowest BCUT2D eigenvalue weighted by Crippen LogP contribution is -2.25. The van der Waals surface area contributed by atoms with E-state index < -0.39 is 11.9 Å². The summed E-state index contributed by atoms with van der Waals surface area (Å²) in [7, 11) is 1.61. The number of nitrogens with zero attached hydrogens (tertiary/aromatic N) is 1. The molecule has 1 aliphatic heterocycles. The number of hydrogen-bond acceptors (Lipinski definition) is 4. The Labute approximate surface area is 158 Å². The average molecular weight is 373 g/mol. The summed E-state index contributed by atoms with van der Waals surface area (Å²) in [6.45, 7) is 2.35. The van der Waals surface area contributed by atoms with Gasteiger partial charge in [0.15, 0.2) is 0 Å². The number of halogens is 1. The van der Waals surface area contributed by atoms with Crippen molar-refractivity contribution in [2.75, 3.05) is 33.4 Å². The van der Waals surface area contributed by atoms with Crippen LogP contribution in [-0.2, 0) is 4.79 Å². The molecule has 1 aliphatic rings. The smallest absolute Gasteiger partial charge is 0.308 e. The number of likely N-dealkylation sites (tertiary alicyclic amines) is 1. The Bertz CT molecular complexity index is 782. The first-order valence-electron chi connectivity index (χ1n) is 9.04. The summed E-state index contributed by atoms with van der Waals surface area (Å²) in [6, 6.07) is 13.7.